The average Bonchev–Trinajstić information content (AvgIpc) is 2.74. The van der Waals surface area contributed by atoms with Crippen LogP contribution in [0.15, 0.2) is 53.0 Å². The molecule has 0 aliphatic heterocycles. The molecular formula is C19H18BrNO2. The number of halogens is 1. The Balaban J connectivity index is 2.02. The molecule has 0 radical (unpaired) electrons. The predicted molar refractivity (Wildman–Crippen MR) is 95.5 cm³/mol. The largest absolute Gasteiger partial charge is 0.494 e. The van der Waals surface area contributed by atoms with Crippen molar-refractivity contribution in [3.63, 3.8) is 0 Å². The lowest BCUT2D eigenvalue weighted by atomic mass is 10.1. The molecule has 4 heteroatoms. The van der Waals surface area contributed by atoms with Gasteiger partial charge in [-0.15, -0.1) is 0 Å². The minimum absolute atomic E-state index is 0.0229. The summed E-state index contributed by atoms with van der Waals surface area (Å²) < 4.78 is 2.27. The second-order valence-corrected chi connectivity index (χ2v) is 6.66. The second kappa shape index (κ2) is 6.13. The molecule has 118 valence electrons. The van der Waals surface area contributed by atoms with Crippen molar-refractivity contribution in [2.24, 2.45) is 0 Å². The van der Waals surface area contributed by atoms with E-state index >= 15 is 0 Å². The topological polar surface area (TPSA) is 45.4 Å². The zero-order chi connectivity index (χ0) is 16.6. The minimum Gasteiger partial charge on any atom is -0.494 e. The zero-order valence-corrected chi connectivity index (χ0v) is 14.6. The maximum atomic E-state index is 10.6. The number of hydrogen-bond donors (Lipinski definition) is 2. The molecule has 0 spiro atoms. The summed E-state index contributed by atoms with van der Waals surface area (Å²) in [6.45, 7) is 4.03. The average molecular weight is 372 g/mol. The Morgan fingerprint density at radius 2 is 1.70 bits per heavy atom. The number of nitrogens with zero attached hydrogens (tertiary/aromatic N) is 1. The summed E-state index contributed by atoms with van der Waals surface area (Å²) in [5, 5.41) is 20.8. The molecule has 0 aliphatic rings. The number of rotatable bonds is 3. The van der Waals surface area contributed by atoms with Crippen molar-refractivity contribution in [2.75, 3.05) is 0 Å². The van der Waals surface area contributed by atoms with Crippen LogP contribution in [0, 0.1) is 13.8 Å². The highest BCUT2D eigenvalue weighted by atomic mass is 79.9. The van der Waals surface area contributed by atoms with E-state index in [1.54, 1.807) is 6.07 Å². The number of hydrogen-bond acceptors (Lipinski definition) is 2. The van der Waals surface area contributed by atoms with E-state index in [0.717, 1.165) is 15.6 Å². The van der Waals surface area contributed by atoms with E-state index in [1.165, 1.54) is 10.1 Å². The summed E-state index contributed by atoms with van der Waals surface area (Å²) in [5.41, 5.74) is 4.78. The second-order valence-electron chi connectivity index (χ2n) is 5.81. The monoisotopic (exact) mass is 371 g/mol. The van der Waals surface area contributed by atoms with E-state index in [0.29, 0.717) is 17.7 Å². The molecule has 0 atom stereocenters. The van der Waals surface area contributed by atoms with E-state index in [1.807, 2.05) is 50.2 Å². The van der Waals surface area contributed by atoms with Crippen molar-refractivity contribution in [2.45, 2.75) is 20.3 Å². The van der Waals surface area contributed by atoms with Gasteiger partial charge in [0.15, 0.2) is 5.88 Å². The molecule has 0 bridgehead atoms. The van der Waals surface area contributed by atoms with E-state index < -0.39 is 0 Å². The first kappa shape index (κ1) is 15.7. The number of aromatic nitrogens is 1. The van der Waals surface area contributed by atoms with Gasteiger partial charge in [0.2, 0.25) is 5.88 Å². The van der Waals surface area contributed by atoms with Gasteiger partial charge >= 0.3 is 0 Å². The molecular weight excluding hydrogens is 354 g/mol. The molecule has 3 nitrogen and oxygen atoms in total. The lowest BCUT2D eigenvalue weighted by molar-refractivity contribution is 0.400. The van der Waals surface area contributed by atoms with Crippen LogP contribution in [0.5, 0.6) is 11.8 Å². The smallest absolute Gasteiger partial charge is 0.202 e. The third-order valence-corrected chi connectivity index (χ3v) is 4.49. The molecule has 0 aliphatic carbocycles. The predicted octanol–water partition coefficient (Wildman–Crippen LogP) is 4.86. The zero-order valence-electron chi connectivity index (χ0n) is 13.0. The van der Waals surface area contributed by atoms with Gasteiger partial charge in [0.1, 0.15) is 0 Å². The highest BCUT2D eigenvalue weighted by Gasteiger charge is 2.17. The molecule has 0 amide bonds. The summed E-state index contributed by atoms with van der Waals surface area (Å²) in [5.74, 6) is 0.0864. The molecule has 2 N–H and O–H groups in total. The van der Waals surface area contributed by atoms with Crippen molar-refractivity contribution in [1.29, 1.82) is 0 Å². The van der Waals surface area contributed by atoms with Gasteiger partial charge in [-0.2, -0.15) is 0 Å². The lowest BCUT2D eigenvalue weighted by Gasteiger charge is -2.10. The normalized spacial score (nSPS) is 10.9. The van der Waals surface area contributed by atoms with Crippen LogP contribution in [0.2, 0.25) is 0 Å². The Kier molecular flexibility index (Phi) is 4.18. The molecule has 0 fully saturated rings. The van der Waals surface area contributed by atoms with Crippen LogP contribution < -0.4 is 0 Å². The first-order valence-corrected chi connectivity index (χ1v) is 8.19. The van der Waals surface area contributed by atoms with Gasteiger partial charge in [0.25, 0.3) is 0 Å². The van der Waals surface area contributed by atoms with Crippen LogP contribution in [-0.2, 0) is 6.42 Å². The van der Waals surface area contributed by atoms with Crippen LogP contribution >= 0.6 is 15.9 Å². The van der Waals surface area contributed by atoms with E-state index in [9.17, 15) is 10.2 Å². The van der Waals surface area contributed by atoms with Crippen LogP contribution in [-0.4, -0.2) is 14.8 Å². The minimum atomic E-state index is 0.0229. The molecule has 0 saturated heterocycles. The van der Waals surface area contributed by atoms with Crippen LogP contribution in [0.3, 0.4) is 0 Å². The van der Waals surface area contributed by atoms with Crippen molar-refractivity contribution < 1.29 is 10.2 Å². The third kappa shape index (κ3) is 3.13. The fourth-order valence-corrected chi connectivity index (χ4v) is 3.41. The number of aromatic hydroxyl groups is 2. The van der Waals surface area contributed by atoms with Gasteiger partial charge in [0.05, 0.1) is 5.69 Å². The summed E-state index contributed by atoms with van der Waals surface area (Å²) in [4.78, 5) is 0. The molecule has 3 aromatic rings. The number of aryl methyl sites for hydroxylation is 2. The highest BCUT2D eigenvalue weighted by molar-refractivity contribution is 9.10. The van der Waals surface area contributed by atoms with E-state index in [4.69, 9.17) is 0 Å². The molecule has 3 rings (SSSR count). The fraction of sp³-hybridized carbons (Fsp3) is 0.158. The van der Waals surface area contributed by atoms with Crippen molar-refractivity contribution >= 4 is 15.9 Å². The molecule has 1 heterocycles. The third-order valence-electron chi connectivity index (χ3n) is 3.85. The summed E-state index contributed by atoms with van der Waals surface area (Å²) in [7, 11) is 0. The SMILES string of the molecule is Cc1cccc(Cc2cc(O)n(-c3ccc(C)cc3Br)c2O)c1. The van der Waals surface area contributed by atoms with Crippen molar-refractivity contribution in [3.05, 3.63) is 75.3 Å². The van der Waals surface area contributed by atoms with Gasteiger partial charge in [-0.3, -0.25) is 4.57 Å². The first-order valence-electron chi connectivity index (χ1n) is 7.40. The maximum Gasteiger partial charge on any atom is 0.202 e. The number of benzene rings is 2. The Labute approximate surface area is 144 Å². The first-order chi connectivity index (χ1) is 11.0. The Morgan fingerprint density at radius 1 is 0.957 bits per heavy atom. The molecule has 0 saturated carbocycles. The quantitative estimate of drug-likeness (QED) is 0.690. The molecule has 2 aromatic carbocycles. The van der Waals surface area contributed by atoms with Crippen LogP contribution in [0.4, 0.5) is 0 Å². The summed E-state index contributed by atoms with van der Waals surface area (Å²) >= 11 is 3.49. The van der Waals surface area contributed by atoms with E-state index in [2.05, 4.69) is 22.0 Å². The van der Waals surface area contributed by atoms with Gasteiger partial charge in [-0.05, 0) is 53.0 Å². The van der Waals surface area contributed by atoms with Crippen LogP contribution in [0.1, 0.15) is 22.3 Å². The van der Waals surface area contributed by atoms with Crippen molar-refractivity contribution in [3.8, 4) is 17.4 Å². The Hall–Kier alpha value is -2.20. The van der Waals surface area contributed by atoms with Crippen molar-refractivity contribution in [1.82, 2.24) is 4.57 Å². The maximum absolute atomic E-state index is 10.6. The van der Waals surface area contributed by atoms with Gasteiger partial charge in [0, 0.05) is 22.5 Å². The summed E-state index contributed by atoms with van der Waals surface area (Å²) in [6, 6.07) is 15.5. The Bertz CT molecular complexity index is 868. The Morgan fingerprint density at radius 3 is 2.39 bits per heavy atom. The van der Waals surface area contributed by atoms with E-state index in [-0.39, 0.29) is 11.8 Å². The highest BCUT2D eigenvalue weighted by Crippen LogP contribution is 2.36. The summed E-state index contributed by atoms with van der Waals surface area (Å²) in [6.07, 6.45) is 0.567. The van der Waals surface area contributed by atoms with Crippen LogP contribution in [0.25, 0.3) is 5.69 Å². The van der Waals surface area contributed by atoms with Gasteiger partial charge in [-0.25, -0.2) is 0 Å². The molecule has 0 unspecified atom stereocenters. The lowest BCUT2D eigenvalue weighted by Crippen LogP contribution is -1.95. The fourth-order valence-electron chi connectivity index (χ4n) is 2.74. The van der Waals surface area contributed by atoms with Gasteiger partial charge < -0.3 is 10.2 Å². The molecule has 1 aromatic heterocycles. The van der Waals surface area contributed by atoms with Gasteiger partial charge in [-0.1, -0.05) is 35.9 Å². The molecule has 23 heavy (non-hydrogen) atoms. The standard InChI is InChI=1S/C19H18BrNO2/c1-12-4-3-5-14(8-12)10-15-11-18(22)21(19(15)23)17-7-6-13(2)9-16(17)20/h3-9,11,22-23H,10H2,1-2H3.